The summed E-state index contributed by atoms with van der Waals surface area (Å²) in [6.07, 6.45) is 3.27. The summed E-state index contributed by atoms with van der Waals surface area (Å²) < 4.78 is 16.0. The van der Waals surface area contributed by atoms with E-state index in [0.717, 1.165) is 16.6 Å². The first-order chi connectivity index (χ1) is 16.6. The normalized spacial score (nSPS) is 11.0. The molecule has 5 aromatic rings. The minimum absolute atomic E-state index is 0.0472. The Morgan fingerprint density at radius 1 is 1.00 bits per heavy atom. The van der Waals surface area contributed by atoms with Crippen LogP contribution in [0.5, 0.6) is 0 Å². The number of halogens is 1. The lowest BCUT2D eigenvalue weighted by Gasteiger charge is -2.09. The van der Waals surface area contributed by atoms with E-state index in [0.29, 0.717) is 28.6 Å². The van der Waals surface area contributed by atoms with Crippen LogP contribution in [0.25, 0.3) is 22.4 Å². The van der Waals surface area contributed by atoms with Gasteiger partial charge in [0.2, 0.25) is 5.91 Å². The van der Waals surface area contributed by atoms with E-state index in [1.807, 2.05) is 24.3 Å². The van der Waals surface area contributed by atoms with Gasteiger partial charge in [0.05, 0.1) is 24.2 Å². The molecule has 0 saturated heterocycles. The van der Waals surface area contributed by atoms with Crippen LogP contribution in [0.1, 0.15) is 11.3 Å². The summed E-state index contributed by atoms with van der Waals surface area (Å²) in [5.41, 5.74) is 8.52. The number of anilines is 2. The predicted octanol–water partition coefficient (Wildman–Crippen LogP) is 3.85. The van der Waals surface area contributed by atoms with Gasteiger partial charge in [-0.2, -0.15) is 5.10 Å². The Bertz CT molecular complexity index is 1480. The minimum atomic E-state index is -0.505. The van der Waals surface area contributed by atoms with Crippen LogP contribution in [0.15, 0.2) is 79.1 Å². The molecule has 0 unspecified atom stereocenters. The van der Waals surface area contributed by atoms with Crippen molar-refractivity contribution in [1.29, 1.82) is 0 Å². The van der Waals surface area contributed by atoms with Gasteiger partial charge in [0.1, 0.15) is 17.3 Å². The fourth-order valence-corrected chi connectivity index (χ4v) is 3.72. The van der Waals surface area contributed by atoms with Crippen molar-refractivity contribution in [3.05, 3.63) is 96.2 Å². The number of carbonyl (C=O) groups is 1. The summed E-state index contributed by atoms with van der Waals surface area (Å²) in [6.45, 7) is 0.246. The van der Waals surface area contributed by atoms with Crippen molar-refractivity contribution in [1.82, 2.24) is 24.7 Å². The largest absolute Gasteiger partial charge is 0.369 e. The first-order valence-corrected chi connectivity index (χ1v) is 10.6. The molecule has 0 atom stereocenters. The van der Waals surface area contributed by atoms with Gasteiger partial charge >= 0.3 is 0 Å². The molecule has 0 aliphatic carbocycles. The fourth-order valence-electron chi connectivity index (χ4n) is 3.72. The van der Waals surface area contributed by atoms with E-state index < -0.39 is 5.91 Å². The van der Waals surface area contributed by atoms with Crippen LogP contribution in [0.3, 0.4) is 0 Å². The minimum Gasteiger partial charge on any atom is -0.369 e. The van der Waals surface area contributed by atoms with Gasteiger partial charge in [-0.15, -0.1) is 0 Å². The molecule has 3 heterocycles. The van der Waals surface area contributed by atoms with Gasteiger partial charge in [-0.25, -0.2) is 14.4 Å². The van der Waals surface area contributed by atoms with Crippen LogP contribution >= 0.6 is 0 Å². The first-order valence-electron chi connectivity index (χ1n) is 10.6. The molecular formula is C25H20FN7O. The second kappa shape index (κ2) is 9.07. The highest BCUT2D eigenvalue weighted by molar-refractivity contribution is 5.92. The number of rotatable bonds is 7. The third-order valence-electron chi connectivity index (χ3n) is 5.23. The lowest BCUT2D eigenvalue weighted by Crippen LogP contribution is -2.15. The average molecular weight is 453 g/mol. The summed E-state index contributed by atoms with van der Waals surface area (Å²) in [7, 11) is 0. The van der Waals surface area contributed by atoms with Gasteiger partial charge in [0.15, 0.2) is 5.82 Å². The van der Waals surface area contributed by atoms with Crippen molar-refractivity contribution in [2.75, 3.05) is 5.32 Å². The highest BCUT2D eigenvalue weighted by Gasteiger charge is 2.18. The van der Waals surface area contributed by atoms with Crippen molar-refractivity contribution in [2.24, 2.45) is 5.73 Å². The zero-order valence-electron chi connectivity index (χ0n) is 18.0. The number of primary amides is 1. The molecule has 3 aromatic heterocycles. The monoisotopic (exact) mass is 453 g/mol. The number of amides is 1. The first kappa shape index (κ1) is 21.2. The Hall–Kier alpha value is -4.66. The Labute approximate surface area is 194 Å². The Kier molecular flexibility index (Phi) is 5.65. The smallest absolute Gasteiger partial charge is 0.223 e. The number of hydrogen-bond acceptors (Lipinski definition) is 6. The molecule has 0 saturated carbocycles. The third-order valence-corrected chi connectivity index (χ3v) is 5.23. The van der Waals surface area contributed by atoms with Crippen LogP contribution in [-0.4, -0.2) is 30.6 Å². The Morgan fingerprint density at radius 2 is 1.76 bits per heavy atom. The lowest BCUT2D eigenvalue weighted by atomic mass is 10.2. The highest BCUT2D eigenvalue weighted by atomic mass is 19.1. The number of nitrogens with zero attached hydrogens (tertiary/aromatic N) is 5. The highest BCUT2D eigenvalue weighted by Crippen LogP contribution is 2.28. The molecule has 1 amide bonds. The molecule has 5 rings (SSSR count). The van der Waals surface area contributed by atoms with Crippen LogP contribution in [-0.2, 0) is 17.8 Å². The van der Waals surface area contributed by atoms with Crippen LogP contribution in [0, 0.1) is 5.82 Å². The molecule has 34 heavy (non-hydrogen) atoms. The van der Waals surface area contributed by atoms with Crippen molar-refractivity contribution in [3.8, 4) is 11.5 Å². The number of carbonyl (C=O) groups excluding carboxylic acids is 1. The number of aromatic nitrogens is 5. The van der Waals surface area contributed by atoms with Gasteiger partial charge in [0, 0.05) is 35.1 Å². The molecule has 0 fully saturated rings. The van der Waals surface area contributed by atoms with Crippen molar-refractivity contribution < 1.29 is 9.18 Å². The SMILES string of the molecule is NC(=O)Cc1cc(Nc2ccncc2)nc(-c2nn(Cc3ccccc3F)c3ccccc23)n1. The van der Waals surface area contributed by atoms with Gasteiger partial charge < -0.3 is 11.1 Å². The van der Waals surface area contributed by atoms with Crippen molar-refractivity contribution >= 4 is 28.3 Å². The van der Waals surface area contributed by atoms with E-state index in [2.05, 4.69) is 20.3 Å². The number of para-hydroxylation sites is 1. The fraction of sp³-hybridized carbons (Fsp3) is 0.0800. The van der Waals surface area contributed by atoms with Gasteiger partial charge in [0.25, 0.3) is 0 Å². The van der Waals surface area contributed by atoms with Crippen molar-refractivity contribution in [3.63, 3.8) is 0 Å². The number of fused-ring (bicyclic) bond motifs is 1. The van der Waals surface area contributed by atoms with Crippen molar-refractivity contribution in [2.45, 2.75) is 13.0 Å². The molecule has 3 N–H and O–H groups in total. The Morgan fingerprint density at radius 3 is 2.56 bits per heavy atom. The zero-order valence-corrected chi connectivity index (χ0v) is 18.0. The molecule has 0 bridgehead atoms. The molecule has 0 radical (unpaired) electrons. The number of pyridine rings is 1. The standard InChI is InChI=1S/C25H20FN7O/c26-20-7-3-1-5-16(20)15-33-21-8-4-2-6-19(21)24(32-33)25-30-18(13-22(27)34)14-23(31-25)29-17-9-11-28-12-10-17/h1-12,14H,13,15H2,(H2,27,34)(H,28,29,30,31). The topological polar surface area (TPSA) is 112 Å². The van der Waals surface area contributed by atoms with E-state index in [4.69, 9.17) is 10.8 Å². The number of nitrogens with two attached hydrogens (primary N) is 1. The summed E-state index contributed by atoms with van der Waals surface area (Å²) in [6, 6.07) is 19.5. The molecule has 0 aliphatic heterocycles. The van der Waals surface area contributed by atoms with Crippen LogP contribution in [0.2, 0.25) is 0 Å². The van der Waals surface area contributed by atoms with E-state index >= 15 is 0 Å². The molecule has 0 aliphatic rings. The quantitative estimate of drug-likeness (QED) is 0.387. The molecule has 0 spiro atoms. The third kappa shape index (κ3) is 4.44. The number of hydrogen-bond donors (Lipinski definition) is 2. The number of benzene rings is 2. The van der Waals surface area contributed by atoms with Gasteiger partial charge in [-0.3, -0.25) is 14.5 Å². The number of nitrogens with one attached hydrogen (secondary N) is 1. The second-order valence-corrected chi connectivity index (χ2v) is 7.69. The maximum absolute atomic E-state index is 14.3. The van der Waals surface area contributed by atoms with Crippen LogP contribution in [0.4, 0.5) is 15.9 Å². The van der Waals surface area contributed by atoms with E-state index in [1.54, 1.807) is 53.5 Å². The van der Waals surface area contributed by atoms with E-state index in [-0.39, 0.29) is 18.8 Å². The average Bonchev–Trinajstić information content (AvgIpc) is 3.19. The van der Waals surface area contributed by atoms with E-state index in [9.17, 15) is 9.18 Å². The van der Waals surface area contributed by atoms with Crippen LogP contribution < -0.4 is 11.1 Å². The summed E-state index contributed by atoms with van der Waals surface area (Å²) in [5.74, 6) is 0.0144. The zero-order chi connectivity index (χ0) is 23.5. The predicted molar refractivity (Wildman–Crippen MR) is 127 cm³/mol. The molecular weight excluding hydrogens is 433 g/mol. The van der Waals surface area contributed by atoms with Gasteiger partial charge in [-0.05, 0) is 24.3 Å². The summed E-state index contributed by atoms with van der Waals surface area (Å²) >= 11 is 0. The maximum atomic E-state index is 14.3. The lowest BCUT2D eigenvalue weighted by molar-refractivity contribution is -0.117. The summed E-state index contributed by atoms with van der Waals surface area (Å²) in [4.78, 5) is 24.8. The Balaban J connectivity index is 1.61. The molecule has 9 heteroatoms. The maximum Gasteiger partial charge on any atom is 0.223 e. The molecule has 2 aromatic carbocycles. The molecule has 168 valence electrons. The van der Waals surface area contributed by atoms with Gasteiger partial charge in [-0.1, -0.05) is 36.4 Å². The molecule has 8 nitrogen and oxygen atoms in total. The summed E-state index contributed by atoms with van der Waals surface area (Å²) in [5, 5.41) is 8.75. The van der Waals surface area contributed by atoms with E-state index in [1.165, 1.54) is 6.07 Å². The second-order valence-electron chi connectivity index (χ2n) is 7.69.